The zero-order chi connectivity index (χ0) is 17.0. The monoisotopic (exact) mass is 344 g/mol. The molecule has 10 heteroatoms. The molecular weight excluding hydrogens is 334 g/mol. The van der Waals surface area contributed by atoms with Crippen LogP contribution in [0.2, 0.25) is 0 Å². The minimum absolute atomic E-state index is 0.0788. The Morgan fingerprint density at radius 3 is 2.61 bits per heavy atom. The SMILES string of the molecule is COc1ccc(NC(=O)c2ccc([N+](=O)[O-])s2)cc1OC(F)F. The Bertz CT molecular complexity index is 735. The number of thiophene rings is 1. The highest BCUT2D eigenvalue weighted by atomic mass is 32.1. The maximum Gasteiger partial charge on any atom is 0.387 e. The molecule has 0 atom stereocenters. The lowest BCUT2D eigenvalue weighted by molar-refractivity contribution is -0.380. The van der Waals surface area contributed by atoms with Gasteiger partial charge in [-0.15, -0.1) is 0 Å². The van der Waals surface area contributed by atoms with Gasteiger partial charge in [0.25, 0.3) is 5.91 Å². The summed E-state index contributed by atoms with van der Waals surface area (Å²) >= 11 is 0.704. The zero-order valence-corrected chi connectivity index (χ0v) is 12.4. The lowest BCUT2D eigenvalue weighted by Gasteiger charge is -2.11. The number of hydrogen-bond acceptors (Lipinski definition) is 6. The number of alkyl halides is 2. The van der Waals surface area contributed by atoms with Crippen LogP contribution in [-0.4, -0.2) is 24.6 Å². The Morgan fingerprint density at radius 2 is 2.04 bits per heavy atom. The summed E-state index contributed by atoms with van der Waals surface area (Å²) < 4.78 is 33.9. The van der Waals surface area contributed by atoms with Crippen LogP contribution in [0.1, 0.15) is 9.67 Å². The molecule has 1 heterocycles. The molecule has 122 valence electrons. The van der Waals surface area contributed by atoms with E-state index >= 15 is 0 Å². The first-order chi connectivity index (χ1) is 10.9. The highest BCUT2D eigenvalue weighted by molar-refractivity contribution is 7.17. The van der Waals surface area contributed by atoms with E-state index in [0.717, 1.165) is 0 Å². The van der Waals surface area contributed by atoms with Crippen LogP contribution in [0.5, 0.6) is 11.5 Å². The summed E-state index contributed by atoms with van der Waals surface area (Å²) in [5.74, 6) is -0.760. The van der Waals surface area contributed by atoms with Crippen molar-refractivity contribution in [2.75, 3.05) is 12.4 Å². The van der Waals surface area contributed by atoms with Gasteiger partial charge in [-0.3, -0.25) is 14.9 Å². The van der Waals surface area contributed by atoms with Crippen LogP contribution in [0.25, 0.3) is 0 Å². The minimum Gasteiger partial charge on any atom is -0.493 e. The van der Waals surface area contributed by atoms with Gasteiger partial charge >= 0.3 is 11.6 Å². The smallest absolute Gasteiger partial charge is 0.387 e. The Hall–Kier alpha value is -2.75. The molecule has 7 nitrogen and oxygen atoms in total. The summed E-state index contributed by atoms with van der Waals surface area (Å²) in [6.45, 7) is -3.05. The average molecular weight is 344 g/mol. The first kappa shape index (κ1) is 16.6. The molecule has 1 amide bonds. The Kier molecular flexibility index (Phi) is 5.06. The number of nitro groups is 1. The quantitative estimate of drug-likeness (QED) is 0.639. The molecule has 0 fully saturated rings. The van der Waals surface area contributed by atoms with E-state index in [-0.39, 0.29) is 27.1 Å². The molecular formula is C13H10F2N2O5S. The van der Waals surface area contributed by atoms with Crippen molar-refractivity contribution in [2.24, 2.45) is 0 Å². The molecule has 1 aromatic carbocycles. The number of amides is 1. The van der Waals surface area contributed by atoms with E-state index in [9.17, 15) is 23.7 Å². The number of ether oxygens (including phenoxy) is 2. The fourth-order valence-corrected chi connectivity index (χ4v) is 2.40. The number of methoxy groups -OCH3 is 1. The summed E-state index contributed by atoms with van der Waals surface area (Å²) in [5.41, 5.74) is 0.183. The first-order valence-corrected chi connectivity index (χ1v) is 6.90. The molecule has 2 rings (SSSR count). The van der Waals surface area contributed by atoms with Crippen LogP contribution >= 0.6 is 11.3 Å². The molecule has 0 aliphatic rings. The number of nitrogens with zero attached hydrogens (tertiary/aromatic N) is 1. The molecule has 0 saturated heterocycles. The number of anilines is 1. The van der Waals surface area contributed by atoms with Gasteiger partial charge < -0.3 is 14.8 Å². The van der Waals surface area contributed by atoms with Crippen LogP contribution in [-0.2, 0) is 0 Å². The first-order valence-electron chi connectivity index (χ1n) is 6.09. The molecule has 2 aromatic rings. The minimum atomic E-state index is -3.05. The van der Waals surface area contributed by atoms with Gasteiger partial charge in [0, 0.05) is 17.8 Å². The van der Waals surface area contributed by atoms with E-state index in [1.807, 2.05) is 0 Å². The maximum atomic E-state index is 12.3. The average Bonchev–Trinajstić information content (AvgIpc) is 2.97. The van der Waals surface area contributed by atoms with Crippen molar-refractivity contribution in [3.63, 3.8) is 0 Å². The highest BCUT2D eigenvalue weighted by Crippen LogP contribution is 2.32. The van der Waals surface area contributed by atoms with Gasteiger partial charge in [0.05, 0.1) is 16.9 Å². The van der Waals surface area contributed by atoms with Crippen molar-refractivity contribution in [3.8, 4) is 11.5 Å². The van der Waals surface area contributed by atoms with Crippen molar-refractivity contribution >= 4 is 27.9 Å². The van der Waals surface area contributed by atoms with Gasteiger partial charge in [-0.1, -0.05) is 11.3 Å². The normalized spacial score (nSPS) is 10.4. The van der Waals surface area contributed by atoms with Crippen molar-refractivity contribution in [2.45, 2.75) is 6.61 Å². The number of rotatable bonds is 6. The van der Waals surface area contributed by atoms with Crippen molar-refractivity contribution in [1.29, 1.82) is 0 Å². The van der Waals surface area contributed by atoms with Gasteiger partial charge in [0.1, 0.15) is 0 Å². The zero-order valence-electron chi connectivity index (χ0n) is 11.6. The second kappa shape index (κ2) is 7.01. The van der Waals surface area contributed by atoms with Crippen molar-refractivity contribution < 1.29 is 28.0 Å². The lowest BCUT2D eigenvalue weighted by Crippen LogP contribution is -2.11. The van der Waals surface area contributed by atoms with E-state index in [1.54, 1.807) is 0 Å². The standard InChI is InChI=1S/C13H10F2N2O5S/c1-21-8-3-2-7(6-9(8)22-13(14)15)16-12(18)10-4-5-11(23-10)17(19)20/h2-6,13H,1H3,(H,16,18). The van der Waals surface area contributed by atoms with Crippen LogP contribution in [0, 0.1) is 10.1 Å². The third kappa shape index (κ3) is 4.13. The maximum absolute atomic E-state index is 12.3. The van der Waals surface area contributed by atoms with Crippen LogP contribution in [0.4, 0.5) is 19.5 Å². The van der Waals surface area contributed by atoms with Crippen LogP contribution in [0.3, 0.4) is 0 Å². The molecule has 1 N–H and O–H groups in total. The van der Waals surface area contributed by atoms with E-state index in [0.29, 0.717) is 11.3 Å². The van der Waals surface area contributed by atoms with E-state index in [4.69, 9.17) is 4.74 Å². The Balaban J connectivity index is 2.18. The van der Waals surface area contributed by atoms with Gasteiger partial charge in [-0.25, -0.2) is 0 Å². The van der Waals surface area contributed by atoms with Gasteiger partial charge in [0.15, 0.2) is 11.5 Å². The fourth-order valence-electron chi connectivity index (χ4n) is 1.68. The van der Waals surface area contributed by atoms with E-state index < -0.39 is 17.4 Å². The third-order valence-corrected chi connectivity index (χ3v) is 3.67. The van der Waals surface area contributed by atoms with E-state index in [2.05, 4.69) is 10.1 Å². The number of nitrogens with one attached hydrogen (secondary N) is 1. The van der Waals surface area contributed by atoms with Crippen LogP contribution < -0.4 is 14.8 Å². The Morgan fingerprint density at radius 1 is 1.30 bits per heavy atom. The molecule has 23 heavy (non-hydrogen) atoms. The lowest BCUT2D eigenvalue weighted by atomic mass is 10.2. The van der Waals surface area contributed by atoms with Crippen molar-refractivity contribution in [3.05, 3.63) is 45.3 Å². The van der Waals surface area contributed by atoms with Gasteiger partial charge in [-0.05, 0) is 18.2 Å². The molecule has 0 spiro atoms. The summed E-state index contributed by atoms with van der Waals surface area (Å²) in [4.78, 5) is 22.1. The molecule has 0 radical (unpaired) electrons. The summed E-state index contributed by atoms with van der Waals surface area (Å²) in [6, 6.07) is 6.46. The Labute approximate surface area is 132 Å². The molecule has 0 bridgehead atoms. The second-order valence-corrected chi connectivity index (χ2v) is 5.16. The predicted octanol–water partition coefficient (Wildman–Crippen LogP) is 3.52. The predicted molar refractivity (Wildman–Crippen MR) is 78.6 cm³/mol. The number of carbonyl (C=O) groups excluding carboxylic acids is 1. The largest absolute Gasteiger partial charge is 0.493 e. The van der Waals surface area contributed by atoms with Crippen LogP contribution in [0.15, 0.2) is 30.3 Å². The number of benzene rings is 1. The van der Waals surface area contributed by atoms with Crippen molar-refractivity contribution in [1.82, 2.24) is 0 Å². The second-order valence-electron chi connectivity index (χ2n) is 4.09. The molecule has 0 aliphatic heterocycles. The van der Waals surface area contributed by atoms with Gasteiger partial charge in [-0.2, -0.15) is 8.78 Å². The van der Waals surface area contributed by atoms with E-state index in [1.165, 1.54) is 37.4 Å². The number of halogens is 2. The van der Waals surface area contributed by atoms with Gasteiger partial charge in [0.2, 0.25) is 0 Å². The number of carbonyl (C=O) groups is 1. The number of hydrogen-bond donors (Lipinski definition) is 1. The summed E-state index contributed by atoms with van der Waals surface area (Å²) in [7, 11) is 1.29. The fraction of sp³-hybridized carbons (Fsp3) is 0.154. The molecule has 0 aliphatic carbocycles. The summed E-state index contributed by atoms with van der Waals surface area (Å²) in [5, 5.41) is 12.9. The summed E-state index contributed by atoms with van der Waals surface area (Å²) in [6.07, 6.45) is 0. The molecule has 0 unspecified atom stereocenters. The third-order valence-electron chi connectivity index (χ3n) is 2.63. The topological polar surface area (TPSA) is 90.7 Å². The highest BCUT2D eigenvalue weighted by Gasteiger charge is 2.17. The molecule has 1 aromatic heterocycles. The molecule has 0 saturated carbocycles.